The Bertz CT molecular complexity index is 142. The number of hydrogen-bond donors (Lipinski definition) is 0. The van der Waals surface area contributed by atoms with Gasteiger partial charge in [0.2, 0.25) is 0 Å². The summed E-state index contributed by atoms with van der Waals surface area (Å²) in [5, 5.41) is 8.53. The molecule has 0 bridgehead atoms. The van der Waals surface area contributed by atoms with Crippen LogP contribution in [0.15, 0.2) is 0 Å². The quantitative estimate of drug-likeness (QED) is 0.517. The number of halogens is 1. The average Bonchev–Trinajstić information content (AvgIpc) is 1.89. The van der Waals surface area contributed by atoms with Crippen molar-refractivity contribution in [3.8, 4) is 6.07 Å². The predicted molar refractivity (Wildman–Crippen MR) is 50.1 cm³/mol. The smallest absolute Gasteiger partial charge is 0.0635 e. The first-order valence-electron chi connectivity index (χ1n) is 3.83. The minimum atomic E-state index is 0.338. The van der Waals surface area contributed by atoms with Crippen LogP contribution >= 0.6 is 22.6 Å². The lowest BCUT2D eigenvalue weighted by Crippen LogP contribution is -2.22. The lowest BCUT2D eigenvalue weighted by atomic mass is 9.87. The van der Waals surface area contributed by atoms with Crippen LogP contribution in [0, 0.1) is 11.3 Å². The highest BCUT2D eigenvalue weighted by molar-refractivity contribution is 14.1. The zero-order chi connectivity index (χ0) is 7.45. The molecule has 1 rings (SSSR count). The summed E-state index contributed by atoms with van der Waals surface area (Å²) < 4.78 is 0.338. The second kappa shape index (κ2) is 3.56. The molecule has 0 atom stereocenters. The zero-order valence-electron chi connectivity index (χ0n) is 6.07. The number of nitrogens with zero attached hydrogens (tertiary/aromatic N) is 1. The van der Waals surface area contributed by atoms with Crippen LogP contribution in [0.1, 0.15) is 38.5 Å². The van der Waals surface area contributed by atoms with E-state index >= 15 is 0 Å². The highest BCUT2D eigenvalue weighted by Gasteiger charge is 2.27. The van der Waals surface area contributed by atoms with Crippen molar-refractivity contribution < 1.29 is 0 Å². The van der Waals surface area contributed by atoms with Gasteiger partial charge in [0.15, 0.2) is 0 Å². The van der Waals surface area contributed by atoms with Gasteiger partial charge in [-0.2, -0.15) is 5.26 Å². The van der Waals surface area contributed by atoms with E-state index in [1.54, 1.807) is 0 Å². The molecule has 56 valence electrons. The Labute approximate surface area is 75.9 Å². The normalized spacial score (nSPS) is 23.6. The molecule has 0 amide bonds. The lowest BCUT2D eigenvalue weighted by Gasteiger charge is -2.28. The van der Waals surface area contributed by atoms with Crippen LogP contribution in [0.5, 0.6) is 0 Å². The van der Waals surface area contributed by atoms with Crippen molar-refractivity contribution in [2.45, 2.75) is 41.9 Å². The van der Waals surface area contributed by atoms with Gasteiger partial charge in [0.1, 0.15) is 0 Å². The van der Waals surface area contributed by atoms with Crippen LogP contribution < -0.4 is 0 Å². The molecule has 0 N–H and O–H groups in total. The standard InChI is InChI=1S/C8H12IN/c9-8(6-7-10)4-2-1-3-5-8/h1-6H2. The Hall–Kier alpha value is 0.220. The zero-order valence-corrected chi connectivity index (χ0v) is 8.23. The lowest BCUT2D eigenvalue weighted by molar-refractivity contribution is 0.420. The van der Waals surface area contributed by atoms with E-state index in [1.807, 2.05) is 0 Å². The Balaban J connectivity index is 2.42. The third kappa shape index (κ3) is 2.12. The SMILES string of the molecule is N#CCC1(I)CCCCC1. The van der Waals surface area contributed by atoms with Crippen LogP contribution in [-0.4, -0.2) is 3.42 Å². The first-order valence-corrected chi connectivity index (χ1v) is 4.91. The number of rotatable bonds is 1. The molecule has 0 aromatic rings. The second-order valence-electron chi connectivity index (χ2n) is 3.05. The summed E-state index contributed by atoms with van der Waals surface area (Å²) in [4.78, 5) is 0. The van der Waals surface area contributed by atoms with Gasteiger partial charge in [-0.25, -0.2) is 0 Å². The molecule has 0 unspecified atom stereocenters. The summed E-state index contributed by atoms with van der Waals surface area (Å²) in [5.41, 5.74) is 0. The summed E-state index contributed by atoms with van der Waals surface area (Å²) in [6.07, 6.45) is 7.27. The summed E-state index contributed by atoms with van der Waals surface area (Å²) in [7, 11) is 0. The first kappa shape index (κ1) is 8.32. The minimum absolute atomic E-state index is 0.338. The highest BCUT2D eigenvalue weighted by atomic mass is 127. The summed E-state index contributed by atoms with van der Waals surface area (Å²) in [6, 6.07) is 2.27. The summed E-state index contributed by atoms with van der Waals surface area (Å²) >= 11 is 2.47. The van der Waals surface area contributed by atoms with Crippen LogP contribution in [0.3, 0.4) is 0 Å². The molecular weight excluding hydrogens is 237 g/mol. The van der Waals surface area contributed by atoms with Gasteiger partial charge in [0.25, 0.3) is 0 Å². The van der Waals surface area contributed by atoms with Gasteiger partial charge in [-0.1, -0.05) is 41.9 Å². The van der Waals surface area contributed by atoms with Crippen molar-refractivity contribution in [3.05, 3.63) is 0 Å². The van der Waals surface area contributed by atoms with E-state index in [2.05, 4.69) is 28.7 Å². The molecule has 0 saturated heterocycles. The van der Waals surface area contributed by atoms with Crippen LogP contribution in [0.25, 0.3) is 0 Å². The van der Waals surface area contributed by atoms with Crippen LogP contribution in [0.2, 0.25) is 0 Å². The van der Waals surface area contributed by atoms with Gasteiger partial charge in [-0.3, -0.25) is 0 Å². The van der Waals surface area contributed by atoms with Crippen LogP contribution in [0.4, 0.5) is 0 Å². The Morgan fingerprint density at radius 1 is 1.30 bits per heavy atom. The third-order valence-corrected chi connectivity index (χ3v) is 3.61. The highest BCUT2D eigenvalue weighted by Crippen LogP contribution is 2.38. The molecule has 1 aliphatic rings. The van der Waals surface area contributed by atoms with E-state index in [0.29, 0.717) is 3.42 Å². The van der Waals surface area contributed by atoms with E-state index in [9.17, 15) is 0 Å². The van der Waals surface area contributed by atoms with E-state index in [-0.39, 0.29) is 0 Å². The van der Waals surface area contributed by atoms with Crippen molar-refractivity contribution >= 4 is 22.6 Å². The molecule has 0 radical (unpaired) electrons. The molecular formula is C8H12IN. The molecule has 0 aromatic carbocycles. The molecule has 0 spiro atoms. The van der Waals surface area contributed by atoms with Gasteiger partial charge in [-0.05, 0) is 12.8 Å². The molecule has 1 saturated carbocycles. The fourth-order valence-corrected chi connectivity index (χ4v) is 2.44. The number of hydrogen-bond acceptors (Lipinski definition) is 1. The molecule has 10 heavy (non-hydrogen) atoms. The number of nitriles is 1. The monoisotopic (exact) mass is 249 g/mol. The van der Waals surface area contributed by atoms with Crippen molar-refractivity contribution in [2.24, 2.45) is 0 Å². The molecule has 2 heteroatoms. The summed E-state index contributed by atoms with van der Waals surface area (Å²) in [6.45, 7) is 0. The van der Waals surface area contributed by atoms with Crippen molar-refractivity contribution in [1.29, 1.82) is 5.26 Å². The van der Waals surface area contributed by atoms with Gasteiger partial charge >= 0.3 is 0 Å². The fraction of sp³-hybridized carbons (Fsp3) is 0.875. The second-order valence-corrected chi connectivity index (χ2v) is 5.33. The Morgan fingerprint density at radius 2 is 1.90 bits per heavy atom. The molecule has 0 aromatic heterocycles. The van der Waals surface area contributed by atoms with E-state index in [0.717, 1.165) is 6.42 Å². The molecule has 0 heterocycles. The molecule has 1 nitrogen and oxygen atoms in total. The largest absolute Gasteiger partial charge is 0.198 e. The van der Waals surface area contributed by atoms with Crippen molar-refractivity contribution in [1.82, 2.24) is 0 Å². The Morgan fingerprint density at radius 3 is 2.40 bits per heavy atom. The predicted octanol–water partition coefficient (Wildman–Crippen LogP) is 3.04. The maximum absolute atomic E-state index is 8.53. The van der Waals surface area contributed by atoms with Gasteiger partial charge < -0.3 is 0 Å². The van der Waals surface area contributed by atoms with Crippen LogP contribution in [-0.2, 0) is 0 Å². The van der Waals surface area contributed by atoms with E-state index in [4.69, 9.17) is 5.26 Å². The number of alkyl halides is 1. The molecule has 1 fully saturated rings. The van der Waals surface area contributed by atoms with Crippen molar-refractivity contribution in [3.63, 3.8) is 0 Å². The molecule has 1 aliphatic carbocycles. The minimum Gasteiger partial charge on any atom is -0.198 e. The fourth-order valence-electron chi connectivity index (χ4n) is 1.50. The van der Waals surface area contributed by atoms with Crippen molar-refractivity contribution in [2.75, 3.05) is 0 Å². The van der Waals surface area contributed by atoms with Gasteiger partial charge in [0, 0.05) is 9.84 Å². The maximum Gasteiger partial charge on any atom is 0.0635 e. The first-order chi connectivity index (χ1) is 4.77. The molecule has 0 aliphatic heterocycles. The van der Waals surface area contributed by atoms with E-state index < -0.39 is 0 Å². The van der Waals surface area contributed by atoms with Gasteiger partial charge in [-0.15, -0.1) is 0 Å². The topological polar surface area (TPSA) is 23.8 Å². The Kier molecular flexibility index (Phi) is 2.96. The third-order valence-electron chi connectivity index (χ3n) is 2.15. The van der Waals surface area contributed by atoms with E-state index in [1.165, 1.54) is 32.1 Å². The summed E-state index contributed by atoms with van der Waals surface area (Å²) in [5.74, 6) is 0. The average molecular weight is 249 g/mol. The maximum atomic E-state index is 8.53. The van der Waals surface area contributed by atoms with Gasteiger partial charge in [0.05, 0.1) is 6.07 Å².